The standard InChI is InChI=1S/C11H18ClN3O2/c1-4-5-8(7-17-3)14-9-6-13-15(2)11(16)10(9)12/h6,8,14H,4-5,7H2,1-3H3. The summed E-state index contributed by atoms with van der Waals surface area (Å²) in [7, 11) is 3.21. The topological polar surface area (TPSA) is 56.1 Å². The molecule has 1 N–H and O–H groups in total. The van der Waals surface area contributed by atoms with Crippen LogP contribution in [0.15, 0.2) is 11.0 Å². The molecule has 1 unspecified atom stereocenters. The highest BCUT2D eigenvalue weighted by Crippen LogP contribution is 2.17. The van der Waals surface area contributed by atoms with E-state index in [1.54, 1.807) is 20.4 Å². The van der Waals surface area contributed by atoms with Gasteiger partial charge in [-0.1, -0.05) is 24.9 Å². The lowest BCUT2D eigenvalue weighted by Crippen LogP contribution is -2.27. The molecule has 0 aliphatic heterocycles. The lowest BCUT2D eigenvalue weighted by molar-refractivity contribution is 0.182. The van der Waals surface area contributed by atoms with Crippen LogP contribution in [0.2, 0.25) is 5.02 Å². The third-order valence-electron chi connectivity index (χ3n) is 2.44. The number of hydrogen-bond donors (Lipinski definition) is 1. The molecule has 1 rings (SSSR count). The van der Waals surface area contributed by atoms with Crippen molar-refractivity contribution in [3.05, 3.63) is 21.6 Å². The molecule has 0 fully saturated rings. The van der Waals surface area contributed by atoms with E-state index in [0.29, 0.717) is 12.3 Å². The Labute approximate surface area is 106 Å². The minimum absolute atomic E-state index is 0.136. The summed E-state index contributed by atoms with van der Waals surface area (Å²) in [6.45, 7) is 2.66. The van der Waals surface area contributed by atoms with Crippen LogP contribution < -0.4 is 10.9 Å². The van der Waals surface area contributed by atoms with Gasteiger partial charge in [-0.15, -0.1) is 0 Å². The Kier molecular flexibility index (Phi) is 5.44. The molecule has 0 aliphatic carbocycles. The fourth-order valence-electron chi connectivity index (χ4n) is 1.58. The van der Waals surface area contributed by atoms with Gasteiger partial charge >= 0.3 is 0 Å². The molecule has 17 heavy (non-hydrogen) atoms. The molecule has 0 spiro atoms. The van der Waals surface area contributed by atoms with Gasteiger partial charge in [0.15, 0.2) is 0 Å². The zero-order valence-electron chi connectivity index (χ0n) is 10.4. The smallest absolute Gasteiger partial charge is 0.287 e. The Hall–Kier alpha value is -1.07. The average Bonchev–Trinajstić information content (AvgIpc) is 2.30. The Balaban J connectivity index is 2.86. The van der Waals surface area contributed by atoms with Crippen LogP contribution in [0.4, 0.5) is 5.69 Å². The summed E-state index contributed by atoms with van der Waals surface area (Å²) in [5, 5.41) is 7.28. The molecule has 1 heterocycles. The number of aryl methyl sites for hydroxylation is 1. The molecule has 1 atom stereocenters. The highest BCUT2D eigenvalue weighted by molar-refractivity contribution is 6.32. The van der Waals surface area contributed by atoms with Gasteiger partial charge in [0.2, 0.25) is 0 Å². The minimum Gasteiger partial charge on any atom is -0.383 e. The molecule has 0 bridgehead atoms. The number of nitrogens with zero attached hydrogens (tertiary/aromatic N) is 2. The summed E-state index contributed by atoms with van der Waals surface area (Å²) in [5.41, 5.74) is 0.259. The molecular weight excluding hydrogens is 242 g/mol. The van der Waals surface area contributed by atoms with Crippen molar-refractivity contribution >= 4 is 17.3 Å². The molecule has 0 aromatic carbocycles. The fourth-order valence-corrected chi connectivity index (χ4v) is 1.80. The van der Waals surface area contributed by atoms with E-state index >= 15 is 0 Å². The van der Waals surface area contributed by atoms with Crippen molar-refractivity contribution in [2.24, 2.45) is 7.05 Å². The highest BCUT2D eigenvalue weighted by Gasteiger charge is 2.12. The van der Waals surface area contributed by atoms with Gasteiger partial charge < -0.3 is 10.1 Å². The summed E-state index contributed by atoms with van der Waals surface area (Å²) in [4.78, 5) is 11.6. The lowest BCUT2D eigenvalue weighted by atomic mass is 10.2. The van der Waals surface area contributed by atoms with Crippen molar-refractivity contribution in [1.82, 2.24) is 9.78 Å². The van der Waals surface area contributed by atoms with Crippen LogP contribution in [0, 0.1) is 0 Å². The average molecular weight is 260 g/mol. The van der Waals surface area contributed by atoms with E-state index in [-0.39, 0.29) is 16.6 Å². The summed E-state index contributed by atoms with van der Waals surface area (Å²) < 4.78 is 6.32. The third-order valence-corrected chi connectivity index (χ3v) is 2.81. The second-order valence-corrected chi connectivity index (χ2v) is 4.26. The van der Waals surface area contributed by atoms with Crippen LogP contribution in [0.3, 0.4) is 0 Å². The lowest BCUT2D eigenvalue weighted by Gasteiger charge is -2.18. The first-order chi connectivity index (χ1) is 8.10. The van der Waals surface area contributed by atoms with Crippen molar-refractivity contribution < 1.29 is 4.74 Å². The van der Waals surface area contributed by atoms with E-state index in [1.165, 1.54) is 4.68 Å². The number of methoxy groups -OCH3 is 1. The number of nitrogens with one attached hydrogen (secondary N) is 1. The molecule has 96 valence electrons. The Morgan fingerprint density at radius 3 is 2.94 bits per heavy atom. The number of rotatable bonds is 6. The molecule has 0 amide bonds. The zero-order chi connectivity index (χ0) is 12.8. The van der Waals surface area contributed by atoms with Gasteiger partial charge in [-0.3, -0.25) is 4.79 Å². The molecule has 5 nitrogen and oxygen atoms in total. The van der Waals surface area contributed by atoms with Gasteiger partial charge in [0.05, 0.1) is 18.5 Å². The SMILES string of the molecule is CCCC(COC)Nc1cnn(C)c(=O)c1Cl. The first-order valence-electron chi connectivity index (χ1n) is 5.57. The zero-order valence-corrected chi connectivity index (χ0v) is 11.1. The maximum atomic E-state index is 11.6. The molecule has 0 aliphatic rings. The van der Waals surface area contributed by atoms with Crippen molar-refractivity contribution in [3.63, 3.8) is 0 Å². The number of ether oxygens (including phenoxy) is 1. The third kappa shape index (κ3) is 3.71. The van der Waals surface area contributed by atoms with E-state index in [2.05, 4.69) is 17.3 Å². The fraction of sp³-hybridized carbons (Fsp3) is 0.636. The molecule has 6 heteroatoms. The van der Waals surface area contributed by atoms with Crippen LogP contribution in [0.1, 0.15) is 19.8 Å². The van der Waals surface area contributed by atoms with Crippen molar-refractivity contribution in [1.29, 1.82) is 0 Å². The van der Waals surface area contributed by atoms with Gasteiger partial charge in [0.25, 0.3) is 5.56 Å². The molecule has 0 saturated carbocycles. The van der Waals surface area contributed by atoms with Crippen LogP contribution in [-0.4, -0.2) is 29.5 Å². The van der Waals surface area contributed by atoms with Gasteiger partial charge in [-0.2, -0.15) is 5.10 Å². The summed E-state index contributed by atoms with van der Waals surface area (Å²) in [5.74, 6) is 0. The van der Waals surface area contributed by atoms with E-state index in [4.69, 9.17) is 16.3 Å². The monoisotopic (exact) mass is 259 g/mol. The predicted octanol–water partition coefficient (Wildman–Crippen LogP) is 1.66. The summed E-state index contributed by atoms with van der Waals surface area (Å²) in [6, 6.07) is 0.136. The van der Waals surface area contributed by atoms with Crippen LogP contribution in [0.5, 0.6) is 0 Å². The maximum Gasteiger partial charge on any atom is 0.287 e. The molecular formula is C11H18ClN3O2. The van der Waals surface area contributed by atoms with E-state index in [9.17, 15) is 4.79 Å². The van der Waals surface area contributed by atoms with Gasteiger partial charge in [-0.05, 0) is 6.42 Å². The second-order valence-electron chi connectivity index (χ2n) is 3.89. The second kappa shape index (κ2) is 6.61. The van der Waals surface area contributed by atoms with Crippen LogP contribution in [0.25, 0.3) is 0 Å². The Morgan fingerprint density at radius 1 is 1.65 bits per heavy atom. The van der Waals surface area contributed by atoms with Gasteiger partial charge in [0, 0.05) is 20.2 Å². The largest absolute Gasteiger partial charge is 0.383 e. The number of aromatic nitrogens is 2. The normalized spacial score (nSPS) is 12.5. The number of hydrogen-bond acceptors (Lipinski definition) is 4. The Morgan fingerprint density at radius 2 is 2.35 bits per heavy atom. The molecule has 1 aromatic rings. The van der Waals surface area contributed by atoms with Crippen LogP contribution in [-0.2, 0) is 11.8 Å². The van der Waals surface area contributed by atoms with Crippen molar-refractivity contribution in [2.75, 3.05) is 19.0 Å². The first-order valence-corrected chi connectivity index (χ1v) is 5.95. The number of halogens is 1. The predicted molar refractivity (Wildman–Crippen MR) is 68.7 cm³/mol. The van der Waals surface area contributed by atoms with Gasteiger partial charge in [0.1, 0.15) is 5.02 Å². The quantitative estimate of drug-likeness (QED) is 0.844. The van der Waals surface area contributed by atoms with Crippen molar-refractivity contribution in [2.45, 2.75) is 25.8 Å². The van der Waals surface area contributed by atoms with Gasteiger partial charge in [-0.25, -0.2) is 4.68 Å². The van der Waals surface area contributed by atoms with E-state index in [0.717, 1.165) is 12.8 Å². The highest BCUT2D eigenvalue weighted by atomic mass is 35.5. The number of anilines is 1. The maximum absolute atomic E-state index is 11.6. The summed E-state index contributed by atoms with van der Waals surface area (Å²) in [6.07, 6.45) is 3.53. The van der Waals surface area contributed by atoms with Crippen molar-refractivity contribution in [3.8, 4) is 0 Å². The summed E-state index contributed by atoms with van der Waals surface area (Å²) >= 11 is 5.97. The van der Waals surface area contributed by atoms with E-state index in [1.807, 2.05) is 0 Å². The Bertz CT molecular complexity index is 414. The van der Waals surface area contributed by atoms with E-state index < -0.39 is 0 Å². The molecule has 0 saturated heterocycles. The first kappa shape index (κ1) is 14.0. The molecule has 1 aromatic heterocycles. The molecule has 0 radical (unpaired) electrons. The van der Waals surface area contributed by atoms with Crippen LogP contribution >= 0.6 is 11.6 Å². The minimum atomic E-state index is -0.302.